The number of hydrogen-bond acceptors (Lipinski definition) is 3. The summed E-state index contributed by atoms with van der Waals surface area (Å²) in [6.45, 7) is 11.4. The van der Waals surface area contributed by atoms with Crippen molar-refractivity contribution in [3.05, 3.63) is 107 Å². The molecule has 1 N–H and O–H groups in total. The number of aryl methyl sites for hydroxylation is 4. The van der Waals surface area contributed by atoms with Crippen LogP contribution in [-0.4, -0.2) is 20.7 Å². The number of carbonyl (C=O) groups excluding carboxylic acids is 1. The normalized spacial score (nSPS) is 10.7. The average molecular weight is 644 g/mol. The monoisotopic (exact) mass is 644 g/mol. The number of aliphatic hydroxyl groups excluding tert-OH is 1. The van der Waals surface area contributed by atoms with E-state index < -0.39 is 0 Å². The van der Waals surface area contributed by atoms with E-state index in [4.69, 9.17) is 10.2 Å². The summed E-state index contributed by atoms with van der Waals surface area (Å²) < 4.78 is 1.98. The van der Waals surface area contributed by atoms with Gasteiger partial charge in [0.05, 0.1) is 11.4 Å². The second kappa shape index (κ2) is 12.4. The molecule has 0 bridgehead atoms. The van der Waals surface area contributed by atoms with E-state index in [0.717, 1.165) is 16.9 Å². The Labute approximate surface area is 221 Å². The molecule has 0 amide bonds. The summed E-state index contributed by atoms with van der Waals surface area (Å²) >= 11 is 0. The Morgan fingerprint density at radius 3 is 1.97 bits per heavy atom. The van der Waals surface area contributed by atoms with Crippen LogP contribution >= 0.6 is 0 Å². The molecule has 1 heterocycles. The molecule has 0 fully saturated rings. The zero-order chi connectivity index (χ0) is 24.8. The van der Waals surface area contributed by atoms with Gasteiger partial charge in [-0.15, -0.1) is 29.8 Å². The Bertz CT molecular complexity index is 1310. The maximum absolute atomic E-state index is 10.0. The van der Waals surface area contributed by atoms with Crippen LogP contribution in [0, 0.1) is 33.8 Å². The summed E-state index contributed by atoms with van der Waals surface area (Å²) in [5.74, 6) is -0.0625. The number of para-hydroxylation sites is 1. The molecule has 0 saturated heterocycles. The fraction of sp³-hybridized carbons (Fsp3) is 0.200. The summed E-state index contributed by atoms with van der Waals surface area (Å²) in [7, 11) is 0. The molecule has 3 aromatic carbocycles. The van der Waals surface area contributed by atoms with Crippen LogP contribution in [-0.2, 0) is 24.9 Å². The first-order chi connectivity index (χ1) is 16.2. The molecule has 35 heavy (non-hydrogen) atoms. The van der Waals surface area contributed by atoms with Gasteiger partial charge < -0.3 is 5.11 Å². The van der Waals surface area contributed by atoms with Crippen LogP contribution in [0.5, 0.6) is 0 Å². The van der Waals surface area contributed by atoms with Crippen molar-refractivity contribution in [2.24, 2.45) is 0 Å². The summed E-state index contributed by atoms with van der Waals surface area (Å²) in [5, 5.41) is 13.3. The second-order valence-electron chi connectivity index (χ2n) is 8.51. The molecule has 4 rings (SSSR count). The molecule has 0 aliphatic rings. The first kappa shape index (κ1) is 28.0. The van der Waals surface area contributed by atoms with Gasteiger partial charge in [0.1, 0.15) is 0 Å². The third-order valence-electron chi connectivity index (χ3n) is 5.53. The van der Waals surface area contributed by atoms with Crippen LogP contribution in [0.2, 0.25) is 0 Å². The van der Waals surface area contributed by atoms with Gasteiger partial charge in [-0.3, -0.25) is 4.79 Å². The van der Waals surface area contributed by atoms with Crippen molar-refractivity contribution in [3.63, 3.8) is 0 Å². The van der Waals surface area contributed by atoms with Gasteiger partial charge in [0.15, 0.2) is 5.78 Å². The Balaban J connectivity index is 0.000000476. The molecule has 183 valence electrons. The van der Waals surface area contributed by atoms with Crippen molar-refractivity contribution >= 4 is 5.78 Å². The summed E-state index contributed by atoms with van der Waals surface area (Å²) in [4.78, 5) is 10.0. The number of aliphatic hydroxyl groups is 1. The van der Waals surface area contributed by atoms with Gasteiger partial charge in [-0.25, -0.2) is 9.78 Å². The Morgan fingerprint density at radius 1 is 0.886 bits per heavy atom. The molecule has 5 heteroatoms. The molecule has 0 atom stereocenters. The van der Waals surface area contributed by atoms with Crippen molar-refractivity contribution < 1.29 is 30.0 Å². The molecule has 4 aromatic rings. The van der Waals surface area contributed by atoms with Gasteiger partial charge in [0.25, 0.3) is 0 Å². The topological polar surface area (TPSA) is 55.1 Å². The molecule has 0 saturated carbocycles. The quantitative estimate of drug-likeness (QED) is 0.145. The third-order valence-corrected chi connectivity index (χ3v) is 5.53. The smallest absolute Gasteiger partial charge is 0.155 e. The van der Waals surface area contributed by atoms with Crippen molar-refractivity contribution in [2.75, 3.05) is 0 Å². The third kappa shape index (κ3) is 6.88. The molecule has 4 nitrogen and oxygen atoms in total. The largest absolute Gasteiger partial charge is 0.512 e. The summed E-state index contributed by atoms with van der Waals surface area (Å²) in [6.07, 6.45) is 3.21. The van der Waals surface area contributed by atoms with Gasteiger partial charge in [-0.2, -0.15) is 0 Å². The first-order valence-electron chi connectivity index (χ1n) is 11.3. The van der Waals surface area contributed by atoms with Crippen molar-refractivity contribution in [1.82, 2.24) is 9.78 Å². The average Bonchev–Trinajstić information content (AvgIpc) is 3.23. The van der Waals surface area contributed by atoms with Crippen molar-refractivity contribution in [2.45, 2.75) is 41.5 Å². The van der Waals surface area contributed by atoms with Crippen LogP contribution in [0.4, 0.5) is 0 Å². The number of aromatic nitrogens is 2. The number of nitrogens with zero attached hydrogens (tertiary/aromatic N) is 2. The minimum atomic E-state index is -0.125. The second-order valence-corrected chi connectivity index (χ2v) is 8.51. The maximum Gasteiger partial charge on any atom is 0.155 e. The first-order valence-corrected chi connectivity index (χ1v) is 11.3. The van der Waals surface area contributed by atoms with E-state index in [1.54, 1.807) is 0 Å². The van der Waals surface area contributed by atoms with Crippen molar-refractivity contribution in [3.8, 4) is 28.1 Å². The predicted octanol–water partition coefficient (Wildman–Crippen LogP) is 7.27. The van der Waals surface area contributed by atoms with E-state index in [1.165, 1.54) is 53.3 Å². The van der Waals surface area contributed by atoms with E-state index in [0.29, 0.717) is 0 Å². The fourth-order valence-electron chi connectivity index (χ4n) is 4.14. The number of allylic oxidation sites excluding steroid dienone is 2. The molecule has 0 aliphatic heterocycles. The van der Waals surface area contributed by atoms with E-state index >= 15 is 0 Å². The van der Waals surface area contributed by atoms with Crippen LogP contribution in [0.3, 0.4) is 0 Å². The Hall–Kier alpha value is -3.27. The minimum absolute atomic E-state index is 0. The van der Waals surface area contributed by atoms with Crippen LogP contribution in [0.15, 0.2) is 78.7 Å². The van der Waals surface area contributed by atoms with Crippen LogP contribution < -0.4 is 0 Å². The van der Waals surface area contributed by atoms with Gasteiger partial charge in [0.2, 0.25) is 0 Å². The number of ketones is 1. The standard InChI is InChI=1S/C25H23N2.C5H8O2.Ir/c1-17-9-7-10-18(2)24(17)22-14-6-5-13-21(22)23-15-16-27(26-23)25-19(3)11-8-12-20(25)4;1-4(6)3-5(2)7;/h5-12,14-16H,1-4H3;3,6H,1-2H3;/q-1;;/b;4-3-;. The summed E-state index contributed by atoms with van der Waals surface area (Å²) in [6, 6.07) is 24.4. The Kier molecular flexibility index (Phi) is 9.94. The summed E-state index contributed by atoms with van der Waals surface area (Å²) in [5.41, 5.74) is 10.6. The molecule has 0 spiro atoms. The van der Waals surface area contributed by atoms with E-state index in [-0.39, 0.29) is 31.6 Å². The van der Waals surface area contributed by atoms with E-state index in [2.05, 4.69) is 82.3 Å². The zero-order valence-electron chi connectivity index (χ0n) is 21.0. The molecule has 1 aromatic heterocycles. The number of hydrogen-bond donors (Lipinski definition) is 1. The minimum Gasteiger partial charge on any atom is -0.512 e. The molecule has 0 aliphatic carbocycles. The Morgan fingerprint density at radius 2 is 1.46 bits per heavy atom. The fourth-order valence-corrected chi connectivity index (χ4v) is 4.14. The van der Waals surface area contributed by atoms with Gasteiger partial charge >= 0.3 is 0 Å². The number of carbonyl (C=O) groups is 1. The van der Waals surface area contributed by atoms with E-state index in [9.17, 15) is 4.79 Å². The zero-order valence-corrected chi connectivity index (χ0v) is 23.4. The SMILES string of the molecule is CC(=O)/C=C(/C)O.Cc1cccc(C)c1-c1ccc[c-]c1-c1ccn(-c2c(C)cccc2C)n1.[Ir]. The van der Waals surface area contributed by atoms with Gasteiger partial charge in [-0.1, -0.05) is 64.7 Å². The van der Waals surface area contributed by atoms with Crippen molar-refractivity contribution in [1.29, 1.82) is 0 Å². The predicted molar refractivity (Wildman–Crippen MR) is 139 cm³/mol. The van der Waals surface area contributed by atoms with Gasteiger partial charge in [0, 0.05) is 38.1 Å². The number of rotatable bonds is 4. The molecular weight excluding hydrogens is 613 g/mol. The number of benzene rings is 3. The van der Waals surface area contributed by atoms with Gasteiger partial charge in [-0.05, 0) is 52.7 Å². The maximum atomic E-state index is 10.0. The van der Waals surface area contributed by atoms with E-state index in [1.807, 2.05) is 23.0 Å². The molecule has 1 radical (unpaired) electrons. The molecular formula is C30H31IrN2O2-. The van der Waals surface area contributed by atoms with Crippen LogP contribution in [0.25, 0.3) is 28.1 Å². The van der Waals surface area contributed by atoms with Crippen LogP contribution in [0.1, 0.15) is 36.1 Å². The molecule has 0 unspecified atom stereocenters.